The number of rotatable bonds is 4. The molecule has 0 saturated heterocycles. The van der Waals surface area contributed by atoms with Gasteiger partial charge in [0.1, 0.15) is 0 Å². The van der Waals surface area contributed by atoms with Crippen molar-refractivity contribution in [3.05, 3.63) is 35.9 Å². The molecule has 0 saturated carbocycles. The van der Waals surface area contributed by atoms with Gasteiger partial charge in [-0.1, -0.05) is 30.3 Å². The van der Waals surface area contributed by atoms with Crippen LogP contribution in [0, 0.1) is 11.5 Å². The summed E-state index contributed by atoms with van der Waals surface area (Å²) in [5.41, 5.74) is 0.789. The van der Waals surface area contributed by atoms with Gasteiger partial charge in [-0.05, 0) is 5.56 Å². The molecule has 88 valence electrons. The number of hydrogen-bond acceptors (Lipinski definition) is 4. The Bertz CT molecular complexity index is 437. The molecule has 5 nitrogen and oxygen atoms in total. The average molecular weight is 232 g/mol. The van der Waals surface area contributed by atoms with Crippen LogP contribution in [0.15, 0.2) is 30.3 Å². The summed E-state index contributed by atoms with van der Waals surface area (Å²) in [4.78, 5) is 22.3. The quantitative estimate of drug-likeness (QED) is 0.626. The third kappa shape index (κ3) is 4.34. The molecule has 0 heterocycles. The van der Waals surface area contributed by atoms with Crippen molar-refractivity contribution in [1.82, 2.24) is 5.32 Å². The Morgan fingerprint density at radius 3 is 2.59 bits per heavy atom. The number of esters is 1. The molecule has 17 heavy (non-hydrogen) atoms. The molecule has 0 fully saturated rings. The van der Waals surface area contributed by atoms with Crippen LogP contribution in [0.1, 0.15) is 24.9 Å². The van der Waals surface area contributed by atoms with Gasteiger partial charge in [-0.15, -0.1) is 5.26 Å². The summed E-state index contributed by atoms with van der Waals surface area (Å²) < 4.78 is 4.19. The van der Waals surface area contributed by atoms with Gasteiger partial charge >= 0.3 is 5.97 Å². The summed E-state index contributed by atoms with van der Waals surface area (Å²) >= 11 is 0. The number of nitrogens with zero attached hydrogens (tertiary/aromatic N) is 1. The first kappa shape index (κ1) is 12.7. The van der Waals surface area contributed by atoms with Gasteiger partial charge in [-0.3, -0.25) is 9.59 Å². The maximum atomic E-state index is 11.2. The third-order valence-electron chi connectivity index (χ3n) is 2.11. The summed E-state index contributed by atoms with van der Waals surface area (Å²) in [6.45, 7) is 1.37. The highest BCUT2D eigenvalue weighted by Crippen LogP contribution is 2.16. The number of carbonyl (C=O) groups is 2. The maximum Gasteiger partial charge on any atom is 0.324 e. The minimum atomic E-state index is -0.671. The number of amides is 1. The van der Waals surface area contributed by atoms with E-state index in [4.69, 9.17) is 5.26 Å². The summed E-state index contributed by atoms with van der Waals surface area (Å²) in [5.74, 6) is -0.918. The van der Waals surface area contributed by atoms with Crippen LogP contribution in [0.25, 0.3) is 0 Å². The van der Waals surface area contributed by atoms with Crippen molar-refractivity contribution < 1.29 is 14.3 Å². The molecular weight excluding hydrogens is 220 g/mol. The lowest BCUT2D eigenvalue weighted by Crippen LogP contribution is -2.28. The zero-order valence-corrected chi connectivity index (χ0v) is 9.34. The van der Waals surface area contributed by atoms with Crippen molar-refractivity contribution in [2.45, 2.75) is 19.4 Å². The molecule has 0 aliphatic rings. The fourth-order valence-corrected chi connectivity index (χ4v) is 1.44. The largest absolute Gasteiger partial charge is 0.351 e. The van der Waals surface area contributed by atoms with E-state index < -0.39 is 12.0 Å². The Hall–Kier alpha value is -2.35. The predicted molar refractivity (Wildman–Crippen MR) is 59.3 cm³/mol. The van der Waals surface area contributed by atoms with Crippen molar-refractivity contribution in [3.8, 4) is 6.26 Å². The fourth-order valence-electron chi connectivity index (χ4n) is 1.44. The molecule has 0 aliphatic carbocycles. The van der Waals surface area contributed by atoms with E-state index in [9.17, 15) is 9.59 Å². The number of nitriles is 1. The molecule has 1 amide bonds. The average Bonchev–Trinajstić information content (AvgIpc) is 2.29. The number of carbonyl (C=O) groups excluding carboxylic acids is 2. The minimum absolute atomic E-state index is 0.0723. The van der Waals surface area contributed by atoms with Gasteiger partial charge in [0.25, 0.3) is 6.26 Å². The molecule has 0 spiro atoms. The van der Waals surface area contributed by atoms with Crippen molar-refractivity contribution in [2.75, 3.05) is 0 Å². The second-order valence-electron chi connectivity index (χ2n) is 3.43. The second kappa shape index (κ2) is 6.28. The SMILES string of the molecule is CC(=O)NC(CC(=O)OC#N)c1ccccc1. The first-order valence-corrected chi connectivity index (χ1v) is 5.04. The molecule has 1 aromatic rings. The Labute approximate surface area is 99.0 Å². The maximum absolute atomic E-state index is 11.2. The zero-order chi connectivity index (χ0) is 12.7. The Morgan fingerprint density at radius 1 is 1.41 bits per heavy atom. The van der Waals surface area contributed by atoms with E-state index in [0.717, 1.165) is 5.56 Å². The topological polar surface area (TPSA) is 79.2 Å². The van der Waals surface area contributed by atoms with Gasteiger partial charge in [0.05, 0.1) is 12.5 Å². The van der Waals surface area contributed by atoms with Crippen LogP contribution in [0.5, 0.6) is 0 Å². The van der Waals surface area contributed by atoms with Crippen LogP contribution in [-0.2, 0) is 14.3 Å². The van der Waals surface area contributed by atoms with E-state index in [0.29, 0.717) is 0 Å². The van der Waals surface area contributed by atoms with E-state index in [1.807, 2.05) is 6.07 Å². The van der Waals surface area contributed by atoms with Crippen LogP contribution >= 0.6 is 0 Å². The molecule has 0 radical (unpaired) electrons. The molecular formula is C12H12N2O3. The van der Waals surface area contributed by atoms with E-state index in [1.54, 1.807) is 24.3 Å². The molecule has 0 aliphatic heterocycles. The molecule has 1 N–H and O–H groups in total. The van der Waals surface area contributed by atoms with Gasteiger partial charge in [0.15, 0.2) is 0 Å². The first-order chi connectivity index (χ1) is 8.13. The molecule has 1 rings (SSSR count). The monoisotopic (exact) mass is 232 g/mol. The molecule has 1 unspecified atom stereocenters. The summed E-state index contributed by atoms with van der Waals surface area (Å²) in [6, 6.07) is 8.55. The van der Waals surface area contributed by atoms with Crippen LogP contribution in [0.2, 0.25) is 0 Å². The van der Waals surface area contributed by atoms with E-state index in [2.05, 4.69) is 10.1 Å². The van der Waals surface area contributed by atoms with Crippen LogP contribution in [0.3, 0.4) is 0 Å². The molecule has 0 bridgehead atoms. The summed E-state index contributed by atoms with van der Waals surface area (Å²) in [7, 11) is 0. The number of ether oxygens (including phenoxy) is 1. The van der Waals surface area contributed by atoms with Crippen molar-refractivity contribution in [2.24, 2.45) is 0 Å². The lowest BCUT2D eigenvalue weighted by atomic mass is 10.0. The highest BCUT2D eigenvalue weighted by molar-refractivity contribution is 5.76. The summed E-state index contributed by atoms with van der Waals surface area (Å²) in [5, 5.41) is 10.9. The number of benzene rings is 1. The Balaban J connectivity index is 2.78. The Morgan fingerprint density at radius 2 is 2.06 bits per heavy atom. The first-order valence-electron chi connectivity index (χ1n) is 5.04. The van der Waals surface area contributed by atoms with E-state index in [-0.39, 0.29) is 12.3 Å². The molecule has 1 aromatic carbocycles. The van der Waals surface area contributed by atoms with Gasteiger partial charge in [-0.2, -0.15) is 0 Å². The van der Waals surface area contributed by atoms with Crippen molar-refractivity contribution in [1.29, 1.82) is 5.26 Å². The third-order valence-corrected chi connectivity index (χ3v) is 2.11. The molecule has 5 heteroatoms. The van der Waals surface area contributed by atoms with Crippen LogP contribution in [-0.4, -0.2) is 11.9 Å². The number of nitrogens with one attached hydrogen (secondary N) is 1. The van der Waals surface area contributed by atoms with Crippen LogP contribution < -0.4 is 5.32 Å². The highest BCUT2D eigenvalue weighted by Gasteiger charge is 2.17. The van der Waals surface area contributed by atoms with Gasteiger partial charge in [0.2, 0.25) is 5.91 Å². The van der Waals surface area contributed by atoms with E-state index in [1.165, 1.54) is 13.2 Å². The summed E-state index contributed by atoms with van der Waals surface area (Å²) in [6.07, 6.45) is 1.24. The highest BCUT2D eigenvalue weighted by atomic mass is 16.5. The van der Waals surface area contributed by atoms with Crippen molar-refractivity contribution in [3.63, 3.8) is 0 Å². The Kier molecular flexibility index (Phi) is 4.70. The normalized spacial score (nSPS) is 11.1. The van der Waals surface area contributed by atoms with Crippen LogP contribution in [0.4, 0.5) is 0 Å². The smallest absolute Gasteiger partial charge is 0.324 e. The van der Waals surface area contributed by atoms with Gasteiger partial charge in [-0.25, -0.2) is 0 Å². The van der Waals surface area contributed by atoms with Gasteiger partial charge < -0.3 is 10.1 Å². The molecule has 0 aromatic heterocycles. The standard InChI is InChI=1S/C12H12N2O3/c1-9(15)14-11(7-12(16)17-8-13)10-5-3-2-4-6-10/h2-6,11H,7H2,1H3,(H,14,15). The van der Waals surface area contributed by atoms with Gasteiger partial charge in [0, 0.05) is 6.92 Å². The predicted octanol–water partition coefficient (Wildman–Crippen LogP) is 1.28. The fraction of sp³-hybridized carbons (Fsp3) is 0.250. The number of hydrogen-bond donors (Lipinski definition) is 1. The minimum Gasteiger partial charge on any atom is -0.351 e. The lowest BCUT2D eigenvalue weighted by molar-refractivity contribution is -0.137. The lowest BCUT2D eigenvalue weighted by Gasteiger charge is -2.16. The van der Waals surface area contributed by atoms with E-state index >= 15 is 0 Å². The van der Waals surface area contributed by atoms with Crippen molar-refractivity contribution >= 4 is 11.9 Å². The second-order valence-corrected chi connectivity index (χ2v) is 3.43. The zero-order valence-electron chi connectivity index (χ0n) is 9.34. The molecule has 1 atom stereocenters.